The van der Waals surface area contributed by atoms with Gasteiger partial charge in [-0.25, -0.2) is 0 Å². The lowest BCUT2D eigenvalue weighted by molar-refractivity contribution is 0.405. The third-order valence-corrected chi connectivity index (χ3v) is 2.99. The molecule has 21 heavy (non-hydrogen) atoms. The molecule has 0 heterocycles. The average molecular weight is 308 g/mol. The molecule has 3 N–H and O–H groups in total. The van der Waals surface area contributed by atoms with Crippen molar-refractivity contribution in [3.8, 4) is 16.9 Å². The fourth-order valence-electron chi connectivity index (χ4n) is 2.10. The molecule has 0 aromatic heterocycles. The minimum absolute atomic E-state index is 0.379. The summed E-state index contributed by atoms with van der Waals surface area (Å²) in [7, 11) is -3.13. The Hall–Kier alpha value is -1.61. The number of hydrogen-bond donors (Lipinski definition) is 3. The van der Waals surface area contributed by atoms with Crippen molar-refractivity contribution in [3.63, 3.8) is 0 Å². The lowest BCUT2D eigenvalue weighted by atomic mass is 9.95. The minimum atomic E-state index is -3.13. The summed E-state index contributed by atoms with van der Waals surface area (Å²) in [5.41, 5.74) is 3.32. The summed E-state index contributed by atoms with van der Waals surface area (Å²) < 4.78 is 8.74. The van der Waals surface area contributed by atoms with Crippen LogP contribution in [0.2, 0.25) is 0 Å². The summed E-state index contributed by atoms with van der Waals surface area (Å²) in [5.74, 6) is 0.379. The molecule has 0 unspecified atom stereocenters. The number of phenols is 1. The van der Waals surface area contributed by atoms with Gasteiger partial charge < -0.3 is 14.9 Å². The maximum absolute atomic E-state index is 10.0. The van der Waals surface area contributed by atoms with Crippen LogP contribution in [-0.4, -0.2) is 14.9 Å². The van der Waals surface area contributed by atoms with Crippen molar-refractivity contribution in [1.82, 2.24) is 0 Å². The van der Waals surface area contributed by atoms with E-state index < -0.39 is 8.25 Å². The van der Waals surface area contributed by atoms with Crippen molar-refractivity contribution in [2.75, 3.05) is 0 Å². The van der Waals surface area contributed by atoms with E-state index in [-0.39, 0.29) is 0 Å². The molecule has 2 rings (SSSR count). The first-order valence-corrected chi connectivity index (χ1v) is 8.14. The number of hydrogen-bond acceptors (Lipinski definition) is 2. The predicted octanol–water partition coefficient (Wildman–Crippen LogP) is 3.76. The smallest absolute Gasteiger partial charge is 0.314 e. The molecule has 2 aromatic carbocycles. The summed E-state index contributed by atoms with van der Waals surface area (Å²) in [6.07, 6.45) is 3.35. The van der Waals surface area contributed by atoms with Crippen LogP contribution in [-0.2, 0) is 11.0 Å². The molecule has 0 fully saturated rings. The standard InChI is InChI=1S/C16H18O.H3O3P/c1-2-3-8-13-11-7-12-15(17)16(13)14-9-5-4-6-10-14;1-4(2)3/h4-7,9-12,17H,2-3,8H2,1H3;4H,(H2,1,2,3). The second-order valence-electron chi connectivity index (χ2n) is 4.56. The number of unbranched alkanes of at least 4 members (excludes halogenated alkanes) is 1. The number of rotatable bonds is 4. The van der Waals surface area contributed by atoms with Gasteiger partial charge in [0.15, 0.2) is 0 Å². The van der Waals surface area contributed by atoms with E-state index in [1.807, 2.05) is 36.4 Å². The van der Waals surface area contributed by atoms with Gasteiger partial charge >= 0.3 is 8.25 Å². The Kier molecular flexibility index (Phi) is 7.76. The van der Waals surface area contributed by atoms with Gasteiger partial charge in [0.1, 0.15) is 5.75 Å². The number of aromatic hydroxyl groups is 1. The van der Waals surface area contributed by atoms with Crippen LogP contribution in [0.4, 0.5) is 0 Å². The van der Waals surface area contributed by atoms with Crippen LogP contribution in [0.3, 0.4) is 0 Å². The van der Waals surface area contributed by atoms with Crippen molar-refractivity contribution in [2.45, 2.75) is 26.2 Å². The Labute approximate surface area is 125 Å². The normalized spacial score (nSPS) is 10.1. The summed E-state index contributed by atoms with van der Waals surface area (Å²) in [5, 5.41) is 10.0. The summed E-state index contributed by atoms with van der Waals surface area (Å²) in [6.45, 7) is 2.19. The first kappa shape index (κ1) is 17.4. The molecule has 0 radical (unpaired) electrons. The second kappa shape index (κ2) is 9.35. The van der Waals surface area contributed by atoms with E-state index in [0.717, 1.165) is 24.0 Å². The molecule has 5 heteroatoms. The van der Waals surface area contributed by atoms with Crippen LogP contribution in [0.5, 0.6) is 5.75 Å². The van der Waals surface area contributed by atoms with Gasteiger partial charge in [0.25, 0.3) is 0 Å². The Morgan fingerprint density at radius 3 is 2.19 bits per heavy atom. The average Bonchev–Trinajstić information content (AvgIpc) is 2.45. The predicted molar refractivity (Wildman–Crippen MR) is 85.6 cm³/mol. The van der Waals surface area contributed by atoms with Crippen LogP contribution in [0, 0.1) is 0 Å². The highest BCUT2D eigenvalue weighted by Crippen LogP contribution is 2.33. The molecule has 2 aromatic rings. The zero-order valence-corrected chi connectivity index (χ0v) is 13.0. The lowest BCUT2D eigenvalue weighted by Gasteiger charge is -2.11. The molecule has 114 valence electrons. The topological polar surface area (TPSA) is 77.8 Å². The number of phenolic OH excluding ortho intramolecular Hbond substituents is 1. The van der Waals surface area contributed by atoms with Crippen molar-refractivity contribution in [3.05, 3.63) is 54.1 Å². The van der Waals surface area contributed by atoms with Crippen LogP contribution < -0.4 is 0 Å². The quantitative estimate of drug-likeness (QED) is 0.751. The lowest BCUT2D eigenvalue weighted by Crippen LogP contribution is -1.90. The molecule has 0 saturated heterocycles. The molecule has 0 amide bonds. The molecular weight excluding hydrogens is 287 g/mol. The van der Waals surface area contributed by atoms with Gasteiger partial charge in [-0.3, -0.25) is 4.57 Å². The largest absolute Gasteiger partial charge is 0.507 e. The second-order valence-corrected chi connectivity index (χ2v) is 5.13. The highest BCUT2D eigenvalue weighted by molar-refractivity contribution is 7.30. The Bertz CT molecular complexity index is 566. The van der Waals surface area contributed by atoms with Crippen molar-refractivity contribution in [1.29, 1.82) is 0 Å². The van der Waals surface area contributed by atoms with Crippen molar-refractivity contribution >= 4 is 8.25 Å². The first-order valence-electron chi connectivity index (χ1n) is 6.84. The van der Waals surface area contributed by atoms with Crippen LogP contribution >= 0.6 is 8.25 Å². The van der Waals surface area contributed by atoms with Crippen LogP contribution in [0.15, 0.2) is 48.5 Å². The molecule has 0 saturated carbocycles. The summed E-state index contributed by atoms with van der Waals surface area (Å²) >= 11 is 0. The molecule has 0 bridgehead atoms. The zero-order chi connectivity index (χ0) is 15.7. The molecule has 0 atom stereocenters. The summed E-state index contributed by atoms with van der Waals surface area (Å²) in [4.78, 5) is 14.3. The monoisotopic (exact) mass is 308 g/mol. The van der Waals surface area contributed by atoms with E-state index in [9.17, 15) is 5.11 Å². The van der Waals surface area contributed by atoms with Crippen LogP contribution in [0.1, 0.15) is 25.3 Å². The van der Waals surface area contributed by atoms with Crippen molar-refractivity contribution < 1.29 is 19.5 Å². The van der Waals surface area contributed by atoms with Gasteiger partial charge in [0.2, 0.25) is 0 Å². The Morgan fingerprint density at radius 2 is 1.62 bits per heavy atom. The van der Waals surface area contributed by atoms with E-state index in [4.69, 9.17) is 14.4 Å². The molecule has 0 aliphatic carbocycles. The first-order chi connectivity index (χ1) is 10.1. The Balaban J connectivity index is 0.000000491. The minimum Gasteiger partial charge on any atom is -0.507 e. The van der Waals surface area contributed by atoms with Gasteiger partial charge in [0, 0.05) is 5.56 Å². The third kappa shape index (κ3) is 6.13. The maximum Gasteiger partial charge on any atom is 0.314 e. The van der Waals surface area contributed by atoms with E-state index in [0.29, 0.717) is 5.75 Å². The fraction of sp³-hybridized carbons (Fsp3) is 0.250. The van der Waals surface area contributed by atoms with Gasteiger partial charge in [-0.15, -0.1) is 0 Å². The van der Waals surface area contributed by atoms with E-state index in [2.05, 4.69) is 13.0 Å². The molecule has 0 aliphatic rings. The molecule has 0 spiro atoms. The van der Waals surface area contributed by atoms with E-state index >= 15 is 0 Å². The van der Waals surface area contributed by atoms with E-state index in [1.54, 1.807) is 6.07 Å². The Morgan fingerprint density at radius 1 is 1.00 bits per heavy atom. The SMILES string of the molecule is CCCCc1cccc(O)c1-c1ccccc1.O=[PH](O)O. The maximum atomic E-state index is 10.0. The van der Waals surface area contributed by atoms with Crippen LogP contribution in [0.25, 0.3) is 11.1 Å². The van der Waals surface area contributed by atoms with Gasteiger partial charge in [-0.1, -0.05) is 55.8 Å². The molecule has 0 aliphatic heterocycles. The highest BCUT2D eigenvalue weighted by Gasteiger charge is 2.09. The zero-order valence-electron chi connectivity index (χ0n) is 12.0. The van der Waals surface area contributed by atoms with Gasteiger partial charge in [0.05, 0.1) is 0 Å². The van der Waals surface area contributed by atoms with Gasteiger partial charge in [-0.05, 0) is 30.0 Å². The van der Waals surface area contributed by atoms with E-state index in [1.165, 1.54) is 12.0 Å². The number of benzene rings is 2. The third-order valence-electron chi connectivity index (χ3n) is 2.99. The number of aryl methyl sites for hydroxylation is 1. The summed E-state index contributed by atoms with van der Waals surface area (Å²) in [6, 6.07) is 15.9. The van der Waals surface area contributed by atoms with Crippen molar-refractivity contribution in [2.24, 2.45) is 0 Å². The highest BCUT2D eigenvalue weighted by atomic mass is 31.1. The molecular formula is C16H21O4P. The molecule has 4 nitrogen and oxygen atoms in total. The fourth-order valence-corrected chi connectivity index (χ4v) is 2.10. The van der Waals surface area contributed by atoms with Gasteiger partial charge in [-0.2, -0.15) is 0 Å².